The lowest BCUT2D eigenvalue weighted by Gasteiger charge is -2.30. The Hall–Kier alpha value is -1.65. The Morgan fingerprint density at radius 3 is 2.62 bits per heavy atom. The largest absolute Gasteiger partial charge is 0.395 e. The molecule has 0 amide bonds. The number of aromatic nitrogens is 1. The van der Waals surface area contributed by atoms with Crippen molar-refractivity contribution in [2.75, 3.05) is 6.61 Å². The molecule has 1 atom stereocenters. The van der Waals surface area contributed by atoms with Crippen LogP contribution in [0.15, 0.2) is 40.9 Å². The molecule has 0 radical (unpaired) electrons. The third-order valence-electron chi connectivity index (χ3n) is 4.09. The lowest BCUT2D eigenvalue weighted by molar-refractivity contribution is 0.0924. The van der Waals surface area contributed by atoms with Crippen molar-refractivity contribution in [2.24, 2.45) is 5.92 Å². The number of hydrogen-bond acceptors (Lipinski definition) is 4. The first-order valence-electron chi connectivity index (χ1n) is 7.57. The van der Waals surface area contributed by atoms with Gasteiger partial charge in [-0.25, -0.2) is 0 Å². The first-order valence-corrected chi connectivity index (χ1v) is 7.57. The van der Waals surface area contributed by atoms with Gasteiger partial charge in [-0.1, -0.05) is 35.5 Å². The molecule has 1 aromatic heterocycles. The van der Waals surface area contributed by atoms with Crippen LogP contribution in [-0.4, -0.2) is 27.8 Å². The monoisotopic (exact) mass is 286 g/mol. The zero-order valence-electron chi connectivity index (χ0n) is 12.4. The fourth-order valence-corrected chi connectivity index (χ4v) is 2.85. The molecule has 1 fully saturated rings. The van der Waals surface area contributed by atoms with Crippen LogP contribution in [0.1, 0.15) is 29.9 Å². The predicted molar refractivity (Wildman–Crippen MR) is 80.5 cm³/mol. The summed E-state index contributed by atoms with van der Waals surface area (Å²) >= 11 is 0. The van der Waals surface area contributed by atoms with E-state index in [2.05, 4.69) is 34.3 Å². The van der Waals surface area contributed by atoms with Crippen molar-refractivity contribution < 1.29 is 9.63 Å². The van der Waals surface area contributed by atoms with Crippen molar-refractivity contribution in [3.8, 4) is 0 Å². The van der Waals surface area contributed by atoms with E-state index in [0.29, 0.717) is 12.5 Å². The van der Waals surface area contributed by atoms with E-state index < -0.39 is 0 Å². The van der Waals surface area contributed by atoms with Crippen molar-refractivity contribution in [1.29, 1.82) is 0 Å². The van der Waals surface area contributed by atoms with Gasteiger partial charge in [-0.2, -0.15) is 0 Å². The minimum atomic E-state index is 0.203. The molecule has 0 saturated heterocycles. The molecule has 1 aliphatic rings. The zero-order valence-corrected chi connectivity index (χ0v) is 12.4. The van der Waals surface area contributed by atoms with Crippen LogP contribution in [-0.2, 0) is 13.1 Å². The predicted octanol–water partition coefficient (Wildman–Crippen LogP) is 2.76. The second kappa shape index (κ2) is 6.41. The molecule has 1 saturated carbocycles. The SMILES string of the molecule is Cc1cc(CN(Cc2ccccc2)C(CO)C2CC2)no1. The summed E-state index contributed by atoms with van der Waals surface area (Å²) in [6.07, 6.45) is 2.43. The van der Waals surface area contributed by atoms with E-state index in [-0.39, 0.29) is 12.6 Å². The molecule has 4 heteroatoms. The topological polar surface area (TPSA) is 49.5 Å². The normalized spacial score (nSPS) is 16.3. The van der Waals surface area contributed by atoms with E-state index in [0.717, 1.165) is 18.0 Å². The number of benzene rings is 1. The van der Waals surface area contributed by atoms with Crippen LogP contribution < -0.4 is 0 Å². The summed E-state index contributed by atoms with van der Waals surface area (Å²) in [6, 6.07) is 12.6. The maximum absolute atomic E-state index is 9.78. The quantitative estimate of drug-likeness (QED) is 0.850. The van der Waals surface area contributed by atoms with Gasteiger partial charge in [0.05, 0.1) is 12.3 Å². The molecule has 1 aromatic carbocycles. The van der Waals surface area contributed by atoms with Crippen LogP contribution in [0.3, 0.4) is 0 Å². The standard InChI is InChI=1S/C17H22N2O2/c1-13-9-16(18-21-13)11-19(17(12-20)15-7-8-15)10-14-5-3-2-4-6-14/h2-6,9,15,17,20H,7-8,10-12H2,1H3. The van der Waals surface area contributed by atoms with Gasteiger partial charge in [0.1, 0.15) is 5.76 Å². The average molecular weight is 286 g/mol. The highest BCUT2D eigenvalue weighted by molar-refractivity contribution is 5.15. The average Bonchev–Trinajstić information content (AvgIpc) is 3.24. The molecule has 0 spiro atoms. The molecule has 4 nitrogen and oxygen atoms in total. The Morgan fingerprint density at radius 2 is 2.05 bits per heavy atom. The highest BCUT2D eigenvalue weighted by Gasteiger charge is 2.35. The molecule has 112 valence electrons. The van der Waals surface area contributed by atoms with Crippen LogP contribution >= 0.6 is 0 Å². The Kier molecular flexibility index (Phi) is 4.36. The summed E-state index contributed by atoms with van der Waals surface area (Å²) in [7, 11) is 0. The Labute approximate surface area is 125 Å². The summed E-state index contributed by atoms with van der Waals surface area (Å²) in [5.41, 5.74) is 2.19. The van der Waals surface area contributed by atoms with Crippen molar-refractivity contribution >= 4 is 0 Å². The molecule has 1 unspecified atom stereocenters. The zero-order chi connectivity index (χ0) is 14.7. The number of hydrogen-bond donors (Lipinski definition) is 1. The fourth-order valence-electron chi connectivity index (χ4n) is 2.85. The first-order chi connectivity index (χ1) is 10.3. The van der Waals surface area contributed by atoms with Gasteiger partial charge in [-0.3, -0.25) is 4.90 Å². The molecule has 21 heavy (non-hydrogen) atoms. The van der Waals surface area contributed by atoms with E-state index in [9.17, 15) is 5.11 Å². The van der Waals surface area contributed by atoms with Gasteiger partial charge in [-0.15, -0.1) is 0 Å². The summed E-state index contributed by atoms with van der Waals surface area (Å²) in [5, 5.41) is 13.9. The number of aryl methyl sites for hydroxylation is 1. The summed E-state index contributed by atoms with van der Waals surface area (Å²) < 4.78 is 5.17. The highest BCUT2D eigenvalue weighted by atomic mass is 16.5. The smallest absolute Gasteiger partial charge is 0.133 e. The third-order valence-corrected chi connectivity index (χ3v) is 4.09. The van der Waals surface area contributed by atoms with Crippen LogP contribution in [0.2, 0.25) is 0 Å². The van der Waals surface area contributed by atoms with Gasteiger partial charge in [0.2, 0.25) is 0 Å². The Balaban J connectivity index is 1.76. The first kappa shape index (κ1) is 14.3. The van der Waals surface area contributed by atoms with E-state index in [1.165, 1.54) is 18.4 Å². The maximum Gasteiger partial charge on any atom is 0.133 e. The summed E-state index contributed by atoms with van der Waals surface area (Å²) in [6.45, 7) is 3.65. The third kappa shape index (κ3) is 3.71. The van der Waals surface area contributed by atoms with Crippen LogP contribution in [0.4, 0.5) is 0 Å². The molecule has 0 aliphatic heterocycles. The molecule has 1 N–H and O–H groups in total. The number of nitrogens with zero attached hydrogens (tertiary/aromatic N) is 2. The molecular formula is C17H22N2O2. The van der Waals surface area contributed by atoms with E-state index in [1.54, 1.807) is 0 Å². The van der Waals surface area contributed by atoms with Gasteiger partial charge in [0.15, 0.2) is 0 Å². The van der Waals surface area contributed by atoms with E-state index in [1.807, 2.05) is 19.1 Å². The van der Waals surface area contributed by atoms with Crippen molar-refractivity contribution in [2.45, 2.75) is 38.9 Å². The van der Waals surface area contributed by atoms with Crippen LogP contribution in [0.25, 0.3) is 0 Å². The van der Waals surface area contributed by atoms with Gasteiger partial charge >= 0.3 is 0 Å². The van der Waals surface area contributed by atoms with Crippen molar-refractivity contribution in [3.63, 3.8) is 0 Å². The molecule has 2 aromatic rings. The minimum absolute atomic E-state index is 0.203. The summed E-state index contributed by atoms with van der Waals surface area (Å²) in [4.78, 5) is 2.32. The second-order valence-corrected chi connectivity index (χ2v) is 5.91. The molecule has 1 heterocycles. The Morgan fingerprint density at radius 1 is 1.29 bits per heavy atom. The fraction of sp³-hybridized carbons (Fsp3) is 0.471. The lowest BCUT2D eigenvalue weighted by Crippen LogP contribution is -2.38. The maximum atomic E-state index is 9.78. The highest BCUT2D eigenvalue weighted by Crippen LogP contribution is 2.36. The molecule has 0 bridgehead atoms. The van der Waals surface area contributed by atoms with Crippen LogP contribution in [0, 0.1) is 12.8 Å². The number of rotatable bonds is 7. The lowest BCUT2D eigenvalue weighted by atomic mass is 10.1. The van der Waals surface area contributed by atoms with Crippen molar-refractivity contribution in [3.05, 3.63) is 53.4 Å². The molecular weight excluding hydrogens is 264 g/mol. The van der Waals surface area contributed by atoms with E-state index >= 15 is 0 Å². The van der Waals surface area contributed by atoms with Gasteiger partial charge in [0.25, 0.3) is 0 Å². The number of aliphatic hydroxyl groups excluding tert-OH is 1. The van der Waals surface area contributed by atoms with Gasteiger partial charge in [0, 0.05) is 25.2 Å². The second-order valence-electron chi connectivity index (χ2n) is 5.91. The Bertz CT molecular complexity index is 563. The molecule has 3 rings (SSSR count). The van der Waals surface area contributed by atoms with Crippen LogP contribution in [0.5, 0.6) is 0 Å². The minimum Gasteiger partial charge on any atom is -0.395 e. The van der Waals surface area contributed by atoms with Crippen molar-refractivity contribution in [1.82, 2.24) is 10.1 Å². The van der Waals surface area contributed by atoms with E-state index in [4.69, 9.17) is 4.52 Å². The molecule has 1 aliphatic carbocycles. The summed E-state index contributed by atoms with van der Waals surface area (Å²) in [5.74, 6) is 1.45. The number of aliphatic hydroxyl groups is 1. The van der Waals surface area contributed by atoms with Gasteiger partial charge < -0.3 is 9.63 Å². The van der Waals surface area contributed by atoms with Gasteiger partial charge in [-0.05, 0) is 31.2 Å².